The molecule has 0 spiro atoms. The SMILES string of the molecule is C#CCNC(=O)CSC[C@H](NC(C)=O)C(=O)O. The highest BCUT2D eigenvalue weighted by atomic mass is 32.2. The van der Waals surface area contributed by atoms with E-state index in [1.54, 1.807) is 0 Å². The number of carbonyl (C=O) groups excluding carboxylic acids is 2. The summed E-state index contributed by atoms with van der Waals surface area (Å²) in [6.07, 6.45) is 4.95. The molecule has 2 amide bonds. The molecule has 0 fully saturated rings. The van der Waals surface area contributed by atoms with Crippen LogP contribution in [0, 0.1) is 12.3 Å². The monoisotopic (exact) mass is 258 g/mol. The van der Waals surface area contributed by atoms with Gasteiger partial charge in [-0.05, 0) is 0 Å². The first-order valence-electron chi connectivity index (χ1n) is 4.75. The van der Waals surface area contributed by atoms with Crippen LogP contribution in [0.3, 0.4) is 0 Å². The van der Waals surface area contributed by atoms with Crippen LogP contribution in [0.25, 0.3) is 0 Å². The van der Waals surface area contributed by atoms with Crippen molar-refractivity contribution in [1.29, 1.82) is 0 Å². The molecule has 0 aromatic rings. The molecule has 17 heavy (non-hydrogen) atoms. The van der Waals surface area contributed by atoms with Gasteiger partial charge in [0.1, 0.15) is 6.04 Å². The van der Waals surface area contributed by atoms with Crippen molar-refractivity contribution in [2.24, 2.45) is 0 Å². The van der Waals surface area contributed by atoms with Gasteiger partial charge >= 0.3 is 5.97 Å². The van der Waals surface area contributed by atoms with Crippen molar-refractivity contribution in [3.05, 3.63) is 0 Å². The van der Waals surface area contributed by atoms with Crippen molar-refractivity contribution in [3.8, 4) is 12.3 Å². The van der Waals surface area contributed by atoms with Gasteiger partial charge in [-0.3, -0.25) is 9.59 Å². The van der Waals surface area contributed by atoms with Crippen LogP contribution in [0.2, 0.25) is 0 Å². The number of carbonyl (C=O) groups is 3. The Morgan fingerprint density at radius 1 is 1.47 bits per heavy atom. The van der Waals surface area contributed by atoms with E-state index in [0.717, 1.165) is 11.8 Å². The molecule has 94 valence electrons. The summed E-state index contributed by atoms with van der Waals surface area (Å²) in [6.45, 7) is 1.38. The lowest BCUT2D eigenvalue weighted by atomic mass is 10.3. The van der Waals surface area contributed by atoms with E-state index < -0.39 is 17.9 Å². The summed E-state index contributed by atoms with van der Waals surface area (Å²) in [7, 11) is 0. The molecule has 1 atom stereocenters. The second-order valence-corrected chi connectivity index (χ2v) is 4.12. The Bertz CT molecular complexity index is 338. The van der Waals surface area contributed by atoms with E-state index in [1.165, 1.54) is 6.92 Å². The minimum absolute atomic E-state index is 0.102. The van der Waals surface area contributed by atoms with Gasteiger partial charge in [0, 0.05) is 12.7 Å². The number of carboxylic acid groups (broad SMARTS) is 1. The summed E-state index contributed by atoms with van der Waals surface area (Å²) in [6, 6.07) is -0.988. The summed E-state index contributed by atoms with van der Waals surface area (Å²) < 4.78 is 0. The van der Waals surface area contributed by atoms with Gasteiger partial charge in [-0.2, -0.15) is 0 Å². The quantitative estimate of drug-likeness (QED) is 0.512. The Morgan fingerprint density at radius 2 is 2.12 bits per heavy atom. The van der Waals surface area contributed by atoms with Gasteiger partial charge in [-0.15, -0.1) is 18.2 Å². The second-order valence-electron chi connectivity index (χ2n) is 3.09. The Morgan fingerprint density at radius 3 is 2.59 bits per heavy atom. The lowest BCUT2D eigenvalue weighted by Crippen LogP contribution is -2.41. The average molecular weight is 258 g/mol. The number of carboxylic acids is 1. The van der Waals surface area contributed by atoms with Crippen LogP contribution in [-0.2, 0) is 14.4 Å². The molecular weight excluding hydrogens is 244 g/mol. The minimum Gasteiger partial charge on any atom is -0.480 e. The van der Waals surface area contributed by atoms with Gasteiger partial charge < -0.3 is 15.7 Å². The third-order valence-corrected chi connectivity index (χ3v) is 2.62. The van der Waals surface area contributed by atoms with E-state index >= 15 is 0 Å². The maximum Gasteiger partial charge on any atom is 0.327 e. The zero-order chi connectivity index (χ0) is 13.3. The van der Waals surface area contributed by atoms with Crippen molar-refractivity contribution in [1.82, 2.24) is 10.6 Å². The van der Waals surface area contributed by atoms with Crippen molar-refractivity contribution in [3.63, 3.8) is 0 Å². The molecule has 0 aliphatic heterocycles. The van der Waals surface area contributed by atoms with Crippen LogP contribution in [0.15, 0.2) is 0 Å². The van der Waals surface area contributed by atoms with Crippen LogP contribution >= 0.6 is 11.8 Å². The first-order chi connectivity index (χ1) is 7.97. The number of rotatable bonds is 7. The van der Waals surface area contributed by atoms with E-state index in [0.29, 0.717) is 0 Å². The van der Waals surface area contributed by atoms with Gasteiger partial charge in [-0.1, -0.05) is 5.92 Å². The first kappa shape index (κ1) is 15.3. The standard InChI is InChI=1S/C10H14N2O4S/c1-3-4-11-9(14)6-17-5-8(10(15)16)12-7(2)13/h1,8H,4-6H2,2H3,(H,11,14)(H,12,13)(H,15,16)/t8-/m0/s1. The number of aliphatic carboxylic acids is 1. The zero-order valence-electron chi connectivity index (χ0n) is 9.36. The smallest absolute Gasteiger partial charge is 0.327 e. The minimum atomic E-state index is -1.13. The number of nitrogens with one attached hydrogen (secondary N) is 2. The average Bonchev–Trinajstić information content (AvgIpc) is 2.24. The van der Waals surface area contributed by atoms with Crippen molar-refractivity contribution in [2.75, 3.05) is 18.1 Å². The molecule has 0 saturated carbocycles. The van der Waals surface area contributed by atoms with Gasteiger partial charge in [0.25, 0.3) is 0 Å². The molecule has 0 aliphatic rings. The highest BCUT2D eigenvalue weighted by Gasteiger charge is 2.18. The normalized spacial score (nSPS) is 11.1. The molecule has 0 aliphatic carbocycles. The Balaban J connectivity index is 3.90. The van der Waals surface area contributed by atoms with E-state index in [9.17, 15) is 14.4 Å². The van der Waals surface area contributed by atoms with Crippen LogP contribution in [0.4, 0.5) is 0 Å². The largest absolute Gasteiger partial charge is 0.480 e. The van der Waals surface area contributed by atoms with E-state index in [2.05, 4.69) is 16.6 Å². The number of thioether (sulfide) groups is 1. The fraction of sp³-hybridized carbons (Fsp3) is 0.500. The van der Waals surface area contributed by atoms with E-state index in [-0.39, 0.29) is 24.0 Å². The lowest BCUT2D eigenvalue weighted by molar-refractivity contribution is -0.140. The maximum absolute atomic E-state index is 11.1. The molecule has 0 heterocycles. The fourth-order valence-electron chi connectivity index (χ4n) is 0.890. The van der Waals surface area contributed by atoms with E-state index in [4.69, 9.17) is 11.5 Å². The lowest BCUT2D eigenvalue weighted by Gasteiger charge is -2.12. The third-order valence-electron chi connectivity index (χ3n) is 1.58. The predicted molar refractivity (Wildman–Crippen MR) is 64.4 cm³/mol. The van der Waals surface area contributed by atoms with Crippen LogP contribution in [-0.4, -0.2) is 47.0 Å². The first-order valence-corrected chi connectivity index (χ1v) is 5.90. The maximum atomic E-state index is 11.1. The molecule has 0 saturated heterocycles. The molecule has 0 aromatic carbocycles. The number of amides is 2. The molecule has 0 bridgehead atoms. The molecule has 7 heteroatoms. The fourth-order valence-corrected chi connectivity index (χ4v) is 1.76. The van der Waals surface area contributed by atoms with E-state index in [1.807, 2.05) is 0 Å². The number of hydrogen-bond acceptors (Lipinski definition) is 4. The van der Waals surface area contributed by atoms with Gasteiger partial charge in [-0.25, -0.2) is 4.79 Å². The Labute approximate surface area is 104 Å². The second kappa shape index (κ2) is 8.47. The van der Waals surface area contributed by atoms with Crippen LogP contribution in [0.5, 0.6) is 0 Å². The highest BCUT2D eigenvalue weighted by molar-refractivity contribution is 8.00. The van der Waals surface area contributed by atoms with Gasteiger partial charge in [0.05, 0.1) is 12.3 Å². The van der Waals surface area contributed by atoms with Crippen LogP contribution in [0.1, 0.15) is 6.92 Å². The molecule has 0 aromatic heterocycles. The van der Waals surface area contributed by atoms with Crippen LogP contribution < -0.4 is 10.6 Å². The van der Waals surface area contributed by atoms with Crippen molar-refractivity contribution in [2.45, 2.75) is 13.0 Å². The molecular formula is C10H14N2O4S. The summed E-state index contributed by atoms with van der Waals surface area (Å²) in [5.41, 5.74) is 0. The molecule has 3 N–H and O–H groups in total. The summed E-state index contributed by atoms with van der Waals surface area (Å²) in [4.78, 5) is 32.6. The summed E-state index contributed by atoms with van der Waals surface area (Å²) in [5.74, 6) is 0.662. The zero-order valence-corrected chi connectivity index (χ0v) is 10.2. The Hall–Kier alpha value is -1.68. The topological polar surface area (TPSA) is 95.5 Å². The number of terminal acetylenes is 1. The summed E-state index contributed by atoms with van der Waals surface area (Å²) >= 11 is 1.11. The molecule has 6 nitrogen and oxygen atoms in total. The highest BCUT2D eigenvalue weighted by Crippen LogP contribution is 2.03. The van der Waals surface area contributed by atoms with Crippen molar-refractivity contribution >= 4 is 29.5 Å². The number of hydrogen-bond donors (Lipinski definition) is 3. The van der Waals surface area contributed by atoms with Gasteiger partial charge in [0.15, 0.2) is 0 Å². The molecule has 0 rings (SSSR count). The van der Waals surface area contributed by atoms with Gasteiger partial charge in [0.2, 0.25) is 11.8 Å². The molecule has 0 unspecified atom stereocenters. The van der Waals surface area contributed by atoms with Crippen molar-refractivity contribution < 1.29 is 19.5 Å². The molecule has 0 radical (unpaired) electrons. The predicted octanol–water partition coefficient (Wildman–Crippen LogP) is -0.942. The Kier molecular flexibility index (Phi) is 7.63. The summed E-state index contributed by atoms with van der Waals surface area (Å²) in [5, 5.41) is 13.5. The third kappa shape index (κ3) is 8.16.